The quantitative estimate of drug-likeness (QED) is 0.191. The van der Waals surface area contributed by atoms with Gasteiger partial charge in [-0.25, -0.2) is 4.98 Å². The smallest absolute Gasteiger partial charge is 0.251 e. The van der Waals surface area contributed by atoms with Crippen LogP contribution in [0.2, 0.25) is 0 Å². The van der Waals surface area contributed by atoms with Crippen LogP contribution in [-0.4, -0.2) is 42.8 Å². The van der Waals surface area contributed by atoms with Crippen molar-refractivity contribution in [2.75, 3.05) is 27.4 Å². The van der Waals surface area contributed by atoms with E-state index in [0.717, 1.165) is 54.8 Å². The average molecular weight is 530 g/mol. The van der Waals surface area contributed by atoms with Crippen LogP contribution in [0.25, 0.3) is 11.0 Å². The summed E-state index contributed by atoms with van der Waals surface area (Å²) in [5, 5.41) is 3.01. The van der Waals surface area contributed by atoms with E-state index in [1.54, 1.807) is 32.4 Å². The molecule has 0 aliphatic heterocycles. The van der Waals surface area contributed by atoms with Crippen LogP contribution < -0.4 is 19.5 Å². The third kappa shape index (κ3) is 7.31. The summed E-state index contributed by atoms with van der Waals surface area (Å²) in [6.45, 7) is 6.51. The summed E-state index contributed by atoms with van der Waals surface area (Å²) in [6.07, 6.45) is 3.52. The minimum atomic E-state index is -0.136. The number of rotatable bonds is 14. The van der Waals surface area contributed by atoms with E-state index >= 15 is 0 Å². The first-order valence-electron chi connectivity index (χ1n) is 13.7. The Morgan fingerprint density at radius 2 is 1.69 bits per heavy atom. The number of para-hydroxylation sites is 2. The summed E-state index contributed by atoms with van der Waals surface area (Å²) in [4.78, 5) is 17.5. The Labute approximate surface area is 231 Å². The summed E-state index contributed by atoms with van der Waals surface area (Å²) in [6, 6.07) is 21.8. The molecule has 7 heteroatoms. The van der Waals surface area contributed by atoms with Gasteiger partial charge >= 0.3 is 0 Å². The van der Waals surface area contributed by atoms with Crippen molar-refractivity contribution in [1.82, 2.24) is 14.9 Å². The minimum Gasteiger partial charge on any atom is -0.494 e. The molecular formula is C32H39N3O4. The molecule has 0 radical (unpaired) electrons. The fourth-order valence-electron chi connectivity index (χ4n) is 4.60. The average Bonchev–Trinajstić information content (AvgIpc) is 3.32. The lowest BCUT2D eigenvalue weighted by molar-refractivity contribution is 0.0952. The SMILES string of the molecule is COc1ccc(C(=O)NCCCc2nc3ccccc3n2CCCCOc2ccc(C(C)C)cc2)cc1OC. The van der Waals surface area contributed by atoms with E-state index in [1.807, 2.05) is 6.07 Å². The number of hydrogen-bond acceptors (Lipinski definition) is 5. The number of hydrogen-bond donors (Lipinski definition) is 1. The van der Waals surface area contributed by atoms with Gasteiger partial charge in [-0.3, -0.25) is 4.79 Å². The van der Waals surface area contributed by atoms with E-state index in [2.05, 4.69) is 66.2 Å². The van der Waals surface area contributed by atoms with Gasteiger partial charge in [-0.2, -0.15) is 0 Å². The van der Waals surface area contributed by atoms with Crippen molar-refractivity contribution in [3.63, 3.8) is 0 Å². The van der Waals surface area contributed by atoms with Crippen LogP contribution in [0.15, 0.2) is 66.7 Å². The van der Waals surface area contributed by atoms with Crippen LogP contribution in [0.5, 0.6) is 17.2 Å². The summed E-state index contributed by atoms with van der Waals surface area (Å²) in [5.74, 6) is 3.48. The summed E-state index contributed by atoms with van der Waals surface area (Å²) >= 11 is 0. The Bertz CT molecular complexity index is 1360. The largest absolute Gasteiger partial charge is 0.494 e. The lowest BCUT2D eigenvalue weighted by Gasteiger charge is -2.12. The second kappa shape index (κ2) is 13.7. The van der Waals surface area contributed by atoms with E-state index in [9.17, 15) is 4.79 Å². The number of unbranched alkanes of at least 4 members (excludes halogenated alkanes) is 1. The van der Waals surface area contributed by atoms with Gasteiger partial charge in [-0.1, -0.05) is 38.1 Å². The molecule has 0 aliphatic carbocycles. The number of nitrogens with zero attached hydrogens (tertiary/aromatic N) is 2. The van der Waals surface area contributed by atoms with Crippen LogP contribution >= 0.6 is 0 Å². The Morgan fingerprint density at radius 1 is 0.923 bits per heavy atom. The van der Waals surface area contributed by atoms with E-state index in [4.69, 9.17) is 19.2 Å². The van der Waals surface area contributed by atoms with E-state index in [-0.39, 0.29) is 5.91 Å². The molecule has 0 atom stereocenters. The van der Waals surface area contributed by atoms with Crippen molar-refractivity contribution in [3.8, 4) is 17.2 Å². The van der Waals surface area contributed by atoms with Crippen molar-refractivity contribution >= 4 is 16.9 Å². The zero-order valence-electron chi connectivity index (χ0n) is 23.4. The maximum Gasteiger partial charge on any atom is 0.251 e. The second-order valence-electron chi connectivity index (χ2n) is 9.88. The molecular weight excluding hydrogens is 490 g/mol. The molecule has 39 heavy (non-hydrogen) atoms. The predicted octanol–water partition coefficient (Wildman–Crippen LogP) is 6.40. The van der Waals surface area contributed by atoms with Gasteiger partial charge in [-0.15, -0.1) is 0 Å². The summed E-state index contributed by atoms with van der Waals surface area (Å²) in [7, 11) is 3.13. The molecule has 0 aliphatic rings. The fraction of sp³-hybridized carbons (Fsp3) is 0.375. The lowest BCUT2D eigenvalue weighted by Crippen LogP contribution is -2.25. The highest BCUT2D eigenvalue weighted by molar-refractivity contribution is 5.94. The highest BCUT2D eigenvalue weighted by Gasteiger charge is 2.12. The van der Waals surface area contributed by atoms with Gasteiger partial charge in [0.2, 0.25) is 0 Å². The molecule has 0 saturated heterocycles. The van der Waals surface area contributed by atoms with Crippen LogP contribution in [-0.2, 0) is 13.0 Å². The monoisotopic (exact) mass is 529 g/mol. The zero-order chi connectivity index (χ0) is 27.6. The first kappa shape index (κ1) is 28.0. The fourth-order valence-corrected chi connectivity index (χ4v) is 4.60. The molecule has 0 bridgehead atoms. The number of ether oxygens (including phenoxy) is 3. The molecule has 0 fully saturated rings. The number of methoxy groups -OCH3 is 2. The number of nitrogens with one attached hydrogen (secondary N) is 1. The van der Waals surface area contributed by atoms with Gasteiger partial charge in [0.25, 0.3) is 5.91 Å². The first-order chi connectivity index (χ1) is 19.0. The summed E-state index contributed by atoms with van der Waals surface area (Å²) < 4.78 is 18.8. The van der Waals surface area contributed by atoms with Crippen LogP contribution in [0.4, 0.5) is 0 Å². The molecule has 206 valence electrons. The Kier molecular flexibility index (Phi) is 9.84. The highest BCUT2D eigenvalue weighted by Crippen LogP contribution is 2.27. The number of carbonyl (C=O) groups is 1. The van der Waals surface area contributed by atoms with Crippen LogP contribution in [0.3, 0.4) is 0 Å². The second-order valence-corrected chi connectivity index (χ2v) is 9.88. The number of carbonyl (C=O) groups excluding carboxylic acids is 1. The van der Waals surface area contributed by atoms with Crippen molar-refractivity contribution in [2.45, 2.75) is 52.0 Å². The molecule has 1 heterocycles. The standard InChI is InChI=1S/C32H39N3O4/c1-23(2)24-13-16-26(17-14-24)39-21-8-7-20-35-28-11-6-5-10-27(28)34-31(35)12-9-19-33-32(36)25-15-18-29(37-3)30(22-25)38-4/h5-6,10-11,13-18,22-23H,7-9,12,19-21H2,1-4H3,(H,33,36). The van der Waals surface area contributed by atoms with Gasteiger partial charge in [0.05, 0.1) is 31.9 Å². The molecule has 0 spiro atoms. The number of fused-ring (bicyclic) bond motifs is 1. The third-order valence-electron chi connectivity index (χ3n) is 6.83. The molecule has 0 saturated carbocycles. The molecule has 4 aromatic rings. The lowest BCUT2D eigenvalue weighted by atomic mass is 10.0. The topological polar surface area (TPSA) is 74.6 Å². The van der Waals surface area contributed by atoms with Gasteiger partial charge < -0.3 is 24.1 Å². The maximum absolute atomic E-state index is 12.6. The van der Waals surface area contributed by atoms with E-state index in [0.29, 0.717) is 36.1 Å². The number of imidazole rings is 1. The van der Waals surface area contributed by atoms with E-state index < -0.39 is 0 Å². The summed E-state index contributed by atoms with van der Waals surface area (Å²) in [5.41, 5.74) is 4.01. The molecule has 1 aromatic heterocycles. The number of aryl methyl sites for hydroxylation is 2. The van der Waals surface area contributed by atoms with Crippen LogP contribution in [0.1, 0.15) is 60.8 Å². The van der Waals surface area contributed by atoms with Crippen molar-refractivity contribution in [2.24, 2.45) is 0 Å². The normalized spacial score (nSPS) is 11.1. The maximum atomic E-state index is 12.6. The number of benzene rings is 3. The van der Waals surface area contributed by atoms with Gasteiger partial charge in [0.1, 0.15) is 11.6 Å². The minimum absolute atomic E-state index is 0.136. The Balaban J connectivity index is 1.28. The van der Waals surface area contributed by atoms with E-state index in [1.165, 1.54) is 5.56 Å². The molecule has 7 nitrogen and oxygen atoms in total. The Morgan fingerprint density at radius 3 is 2.44 bits per heavy atom. The third-order valence-corrected chi connectivity index (χ3v) is 6.83. The zero-order valence-corrected chi connectivity index (χ0v) is 23.4. The van der Waals surface area contributed by atoms with Gasteiger partial charge in [0, 0.05) is 25.1 Å². The molecule has 3 aromatic carbocycles. The predicted molar refractivity (Wildman–Crippen MR) is 155 cm³/mol. The van der Waals surface area contributed by atoms with Gasteiger partial charge in [-0.05, 0) is 73.2 Å². The van der Waals surface area contributed by atoms with Crippen LogP contribution in [0, 0.1) is 0 Å². The molecule has 0 unspecified atom stereocenters. The number of aromatic nitrogens is 2. The van der Waals surface area contributed by atoms with Gasteiger partial charge in [0.15, 0.2) is 11.5 Å². The molecule has 1 N–H and O–H groups in total. The highest BCUT2D eigenvalue weighted by atomic mass is 16.5. The first-order valence-corrected chi connectivity index (χ1v) is 13.7. The van der Waals surface area contributed by atoms with Crippen molar-refractivity contribution < 1.29 is 19.0 Å². The Hall–Kier alpha value is -4.00. The van der Waals surface area contributed by atoms with Crippen molar-refractivity contribution in [3.05, 3.63) is 83.7 Å². The molecule has 4 rings (SSSR count). The molecule has 1 amide bonds. The number of amides is 1. The van der Waals surface area contributed by atoms with Crippen molar-refractivity contribution in [1.29, 1.82) is 0 Å².